The van der Waals surface area contributed by atoms with Crippen molar-refractivity contribution < 1.29 is 62.1 Å². The van der Waals surface area contributed by atoms with Gasteiger partial charge in [-0.2, -0.15) is 48.3 Å². The van der Waals surface area contributed by atoms with Gasteiger partial charge in [0.15, 0.2) is 11.9 Å². The lowest BCUT2D eigenvalue weighted by molar-refractivity contribution is -0.294. The van der Waals surface area contributed by atoms with Crippen LogP contribution in [0.25, 0.3) is 0 Å². The van der Waals surface area contributed by atoms with Gasteiger partial charge in [0.2, 0.25) is 0 Å². The van der Waals surface area contributed by atoms with Crippen LogP contribution in [0.3, 0.4) is 0 Å². The molecule has 178 valence electrons. The van der Waals surface area contributed by atoms with Crippen molar-refractivity contribution >= 4 is 16.3 Å². The second-order valence-electron chi connectivity index (χ2n) is 6.46. The summed E-state index contributed by atoms with van der Waals surface area (Å²) in [6.07, 6.45) is -7.25. The Hall–Kier alpha value is -1.55. The lowest BCUT2D eigenvalue weighted by Gasteiger charge is -2.48. The lowest BCUT2D eigenvalue weighted by atomic mass is 10.1. The molecule has 0 bridgehead atoms. The molecular weight excluding hydrogens is 475 g/mol. The van der Waals surface area contributed by atoms with Gasteiger partial charge in [0.1, 0.15) is 0 Å². The van der Waals surface area contributed by atoms with Gasteiger partial charge < -0.3 is 9.02 Å². The maximum Gasteiger partial charge on any atom is 0.456 e. The Balaban J connectivity index is 3.15. The molecule has 0 N–H and O–H groups in total. The van der Waals surface area contributed by atoms with E-state index in [1.165, 1.54) is 0 Å². The highest BCUT2D eigenvalue weighted by atomic mass is 32.3. The van der Waals surface area contributed by atoms with Crippen LogP contribution in [0.1, 0.15) is 19.8 Å². The van der Waals surface area contributed by atoms with E-state index in [1.54, 1.807) is 5.34 Å². The van der Waals surface area contributed by atoms with Crippen molar-refractivity contribution in [1.82, 2.24) is 0 Å². The van der Waals surface area contributed by atoms with Gasteiger partial charge in [0, 0.05) is 28.7 Å². The van der Waals surface area contributed by atoms with Crippen LogP contribution in [0.2, 0.25) is 0 Å². The van der Waals surface area contributed by atoms with Crippen molar-refractivity contribution in [2.24, 2.45) is 11.3 Å². The van der Waals surface area contributed by atoms with Crippen molar-refractivity contribution in [2.75, 3.05) is 18.1 Å². The molecule has 2 unspecified atom stereocenters. The zero-order valence-electron chi connectivity index (χ0n) is 14.8. The average Bonchev–Trinajstić information content (AvgIpc) is 2.58. The van der Waals surface area contributed by atoms with E-state index in [0.717, 1.165) is 0 Å². The zero-order chi connectivity index (χ0) is 23.8. The summed E-state index contributed by atoms with van der Waals surface area (Å²) in [4.78, 5) is 22.2. The Morgan fingerprint density at radius 3 is 2.00 bits per heavy atom. The summed E-state index contributed by atoms with van der Waals surface area (Å²) in [6.45, 7) is -3.06. The van der Waals surface area contributed by atoms with E-state index < -0.39 is 89.3 Å². The fourth-order valence-corrected chi connectivity index (χ4v) is 5.71. The van der Waals surface area contributed by atoms with Crippen molar-refractivity contribution in [2.45, 2.75) is 49.0 Å². The Bertz CT molecular complexity index is 652. The number of hydrogen-bond acceptors (Lipinski definition) is 5. The predicted octanol–water partition coefficient (Wildman–Crippen LogP) is 5.44. The number of ether oxygens (including phenoxy) is 1. The number of carbonyl (C=O) groups excluding carboxylic acids is 1. The molecule has 0 aliphatic carbocycles. The molecule has 0 amide bonds. The van der Waals surface area contributed by atoms with Gasteiger partial charge in [0.05, 0.1) is 5.92 Å². The molecule has 1 saturated heterocycles. The third-order valence-corrected chi connectivity index (χ3v) is 7.62. The number of esters is 1. The Morgan fingerprint density at radius 1 is 1.03 bits per heavy atom. The van der Waals surface area contributed by atoms with Crippen LogP contribution in [0.5, 0.6) is 0 Å². The van der Waals surface area contributed by atoms with Crippen LogP contribution in [0.15, 0.2) is 5.34 Å². The summed E-state index contributed by atoms with van der Waals surface area (Å²) in [7, 11) is -4.90. The first kappa shape index (κ1) is 26.5. The fourth-order valence-electron chi connectivity index (χ4n) is 2.50. The number of hydrogen-bond donors (Lipinski definition) is 0. The lowest BCUT2D eigenvalue weighted by Crippen LogP contribution is -2.57. The molecule has 0 aromatic rings. The Morgan fingerprint density at radius 2 is 1.57 bits per heavy atom. The Labute approximate surface area is 162 Å². The molecule has 1 fully saturated rings. The predicted molar refractivity (Wildman–Crippen MR) is 79.4 cm³/mol. The van der Waals surface area contributed by atoms with Crippen LogP contribution < -0.4 is 0 Å². The number of nitrogens with zero attached hydrogens (tertiary/aromatic N) is 1. The smallest absolute Gasteiger partial charge is 0.456 e. The molecule has 0 aromatic carbocycles. The quantitative estimate of drug-likeness (QED) is 0.197. The van der Waals surface area contributed by atoms with Gasteiger partial charge in [0.25, 0.3) is 0 Å². The summed E-state index contributed by atoms with van der Waals surface area (Å²) in [5.74, 6) is -23.4. The normalized spacial score (nSPS) is 26.5. The summed E-state index contributed by atoms with van der Waals surface area (Å²) in [6, 6.07) is 0. The molecule has 1 rings (SSSR count). The molecular formula is C13H14F11NO4S. The first-order chi connectivity index (χ1) is 13.3. The molecule has 5 nitrogen and oxygen atoms in total. The fraction of sp³-hybridized carbons (Fsp3) is 0.923. The summed E-state index contributed by atoms with van der Waals surface area (Å²) < 4.78 is 152. The molecule has 1 aliphatic rings. The third-order valence-electron chi connectivity index (χ3n) is 4.20. The molecule has 0 spiro atoms. The molecule has 0 radical (unpaired) electrons. The van der Waals surface area contributed by atoms with Crippen molar-refractivity contribution in [1.29, 1.82) is 0 Å². The highest BCUT2D eigenvalue weighted by Gasteiger charge is 2.77. The molecule has 30 heavy (non-hydrogen) atoms. The summed E-state index contributed by atoms with van der Waals surface area (Å²) in [5.41, 5.74) is 0. The van der Waals surface area contributed by atoms with Crippen LogP contribution in [0, 0.1) is 10.8 Å². The van der Waals surface area contributed by atoms with Crippen LogP contribution in [-0.4, -0.2) is 53.3 Å². The van der Waals surface area contributed by atoms with Crippen LogP contribution in [-0.2, 0) is 13.8 Å². The standard InChI is InChI=1S/C13H14F11NO4S/c1-9(14,15)11(18,19)13(23,24)30(29-25-27)4-2-3-7(5-30)8(26)28-6-10(16,17)12(20,21)22/h7H,2-6H2,1H3. The van der Waals surface area contributed by atoms with E-state index in [-0.39, 0.29) is 0 Å². The SMILES string of the molecule is CC(F)(F)C(F)(F)C(F)(F)S1(ON=O)CCCC(C(=O)OCC(F)(F)C(F)(F)F)C1. The first-order valence-electron chi connectivity index (χ1n) is 7.80. The van der Waals surface area contributed by atoms with Crippen molar-refractivity contribution in [3.05, 3.63) is 4.91 Å². The van der Waals surface area contributed by atoms with E-state index >= 15 is 0 Å². The van der Waals surface area contributed by atoms with Crippen LogP contribution >= 0.6 is 10.3 Å². The largest absolute Gasteiger partial charge is 0.459 e. The van der Waals surface area contributed by atoms with Gasteiger partial charge in [-0.15, -0.1) is 4.91 Å². The molecule has 17 heteroatoms. The average molecular weight is 489 g/mol. The zero-order valence-corrected chi connectivity index (χ0v) is 15.6. The summed E-state index contributed by atoms with van der Waals surface area (Å²) >= 11 is 0. The molecule has 1 aliphatic heterocycles. The van der Waals surface area contributed by atoms with Gasteiger partial charge in [-0.25, -0.2) is 0 Å². The highest BCUT2D eigenvalue weighted by Crippen LogP contribution is 2.71. The minimum Gasteiger partial charge on any atom is -0.459 e. The minimum atomic E-state index is -6.11. The number of halogens is 11. The van der Waals surface area contributed by atoms with Crippen molar-refractivity contribution in [3.8, 4) is 0 Å². The van der Waals surface area contributed by atoms with E-state index in [4.69, 9.17) is 0 Å². The molecule has 2 atom stereocenters. The van der Waals surface area contributed by atoms with Crippen LogP contribution in [0.4, 0.5) is 48.3 Å². The Kier molecular flexibility index (Phi) is 7.22. The molecule has 0 saturated carbocycles. The van der Waals surface area contributed by atoms with E-state index in [2.05, 4.69) is 9.02 Å². The maximum atomic E-state index is 14.5. The van der Waals surface area contributed by atoms with Gasteiger partial charge in [-0.1, -0.05) is 0 Å². The second kappa shape index (κ2) is 8.18. The van der Waals surface area contributed by atoms with Gasteiger partial charge >= 0.3 is 35.2 Å². The summed E-state index contributed by atoms with van der Waals surface area (Å²) in [5, 5.41) is -4.11. The first-order valence-corrected chi connectivity index (χ1v) is 9.69. The minimum absolute atomic E-state index is 0.516. The maximum absolute atomic E-state index is 14.5. The molecule has 1 heterocycles. The number of alkyl halides is 11. The highest BCUT2D eigenvalue weighted by molar-refractivity contribution is 8.30. The second-order valence-corrected chi connectivity index (χ2v) is 9.49. The van der Waals surface area contributed by atoms with Crippen molar-refractivity contribution in [3.63, 3.8) is 0 Å². The number of carbonyl (C=O) groups is 1. The van der Waals surface area contributed by atoms with Gasteiger partial charge in [-0.3, -0.25) is 4.79 Å². The van der Waals surface area contributed by atoms with E-state index in [1.807, 2.05) is 0 Å². The monoisotopic (exact) mass is 489 g/mol. The van der Waals surface area contributed by atoms with E-state index in [0.29, 0.717) is 0 Å². The topological polar surface area (TPSA) is 65.0 Å². The molecule has 0 aromatic heterocycles. The number of rotatable bonds is 8. The van der Waals surface area contributed by atoms with Gasteiger partial charge in [-0.05, 0) is 12.8 Å². The third kappa shape index (κ3) is 4.69. The van der Waals surface area contributed by atoms with E-state index in [9.17, 15) is 58.0 Å².